The molecule has 5 nitrogen and oxygen atoms in total. The first-order chi connectivity index (χ1) is 10.0. The predicted octanol–water partition coefficient (Wildman–Crippen LogP) is 3.23. The molecule has 1 fully saturated rings. The maximum Gasteiger partial charge on any atom is 0.356 e. The lowest BCUT2D eigenvalue weighted by Gasteiger charge is -2.11. The Labute approximate surface area is 127 Å². The molecule has 21 heavy (non-hydrogen) atoms. The zero-order valence-corrected chi connectivity index (χ0v) is 12.3. The highest BCUT2D eigenvalue weighted by molar-refractivity contribution is 6.31. The molecule has 110 valence electrons. The topological polar surface area (TPSA) is 64.4 Å². The lowest BCUT2D eigenvalue weighted by atomic mass is 10.1. The van der Waals surface area contributed by atoms with Gasteiger partial charge in [0.25, 0.3) is 0 Å². The lowest BCUT2D eigenvalue weighted by Crippen LogP contribution is -2.02. The summed E-state index contributed by atoms with van der Waals surface area (Å²) in [5, 5.41) is 13.6. The van der Waals surface area contributed by atoms with Crippen molar-refractivity contribution in [2.24, 2.45) is 13.0 Å². The quantitative estimate of drug-likeness (QED) is 0.921. The average molecular weight is 307 g/mol. The first-order valence-electron chi connectivity index (χ1n) is 6.74. The smallest absolute Gasteiger partial charge is 0.356 e. The number of carboxylic acid groups (broad SMARTS) is 1. The van der Waals surface area contributed by atoms with E-state index in [1.54, 1.807) is 19.2 Å². The fourth-order valence-corrected chi connectivity index (χ4v) is 2.32. The highest BCUT2D eigenvalue weighted by Crippen LogP contribution is 2.35. The van der Waals surface area contributed by atoms with Crippen molar-refractivity contribution in [2.45, 2.75) is 12.8 Å². The van der Waals surface area contributed by atoms with E-state index in [9.17, 15) is 4.79 Å². The second-order valence-electron chi connectivity index (χ2n) is 5.24. The van der Waals surface area contributed by atoms with Crippen LogP contribution in [0.5, 0.6) is 5.75 Å². The molecule has 0 saturated heterocycles. The van der Waals surface area contributed by atoms with Crippen molar-refractivity contribution in [3.8, 4) is 17.0 Å². The maximum atomic E-state index is 11.0. The van der Waals surface area contributed by atoms with E-state index in [1.165, 1.54) is 23.6 Å². The summed E-state index contributed by atoms with van der Waals surface area (Å²) in [6, 6.07) is 6.87. The SMILES string of the molecule is Cn1nc(C(=O)O)cc1-c1cc(Cl)ccc1OCC1CC1. The molecule has 1 heterocycles. The highest BCUT2D eigenvalue weighted by atomic mass is 35.5. The van der Waals surface area contributed by atoms with Crippen LogP contribution in [-0.4, -0.2) is 27.5 Å². The zero-order valence-electron chi connectivity index (χ0n) is 11.5. The molecule has 1 aliphatic rings. The van der Waals surface area contributed by atoms with Gasteiger partial charge in [-0.05, 0) is 43.0 Å². The second kappa shape index (κ2) is 5.41. The van der Waals surface area contributed by atoms with Gasteiger partial charge < -0.3 is 9.84 Å². The van der Waals surface area contributed by atoms with E-state index in [1.807, 2.05) is 6.07 Å². The van der Waals surface area contributed by atoms with Crippen LogP contribution in [0.15, 0.2) is 24.3 Å². The molecule has 0 spiro atoms. The lowest BCUT2D eigenvalue weighted by molar-refractivity contribution is 0.0689. The molecule has 0 amide bonds. The molecule has 1 N–H and O–H groups in total. The Hall–Kier alpha value is -2.01. The fourth-order valence-electron chi connectivity index (χ4n) is 2.14. The van der Waals surface area contributed by atoms with Gasteiger partial charge >= 0.3 is 5.97 Å². The third-order valence-electron chi connectivity index (χ3n) is 3.49. The molecule has 1 aliphatic carbocycles. The van der Waals surface area contributed by atoms with Gasteiger partial charge in [-0.3, -0.25) is 4.68 Å². The Morgan fingerprint density at radius 1 is 1.48 bits per heavy atom. The van der Waals surface area contributed by atoms with Crippen LogP contribution in [-0.2, 0) is 7.05 Å². The number of rotatable bonds is 5. The predicted molar refractivity (Wildman–Crippen MR) is 78.8 cm³/mol. The molecule has 6 heteroatoms. The summed E-state index contributed by atoms with van der Waals surface area (Å²) in [6.07, 6.45) is 2.41. The van der Waals surface area contributed by atoms with E-state index >= 15 is 0 Å². The van der Waals surface area contributed by atoms with Gasteiger partial charge in [0.05, 0.1) is 12.3 Å². The van der Waals surface area contributed by atoms with Crippen LogP contribution >= 0.6 is 11.6 Å². The standard InChI is InChI=1S/C15H15ClN2O3/c1-18-13(7-12(17-18)15(19)20)11-6-10(16)4-5-14(11)21-8-9-2-3-9/h4-7,9H,2-3,8H2,1H3,(H,19,20). The Morgan fingerprint density at radius 2 is 2.24 bits per heavy atom. The summed E-state index contributed by atoms with van der Waals surface area (Å²) in [5.41, 5.74) is 1.42. The minimum absolute atomic E-state index is 0.000573. The van der Waals surface area contributed by atoms with E-state index < -0.39 is 5.97 Å². The van der Waals surface area contributed by atoms with Crippen molar-refractivity contribution >= 4 is 17.6 Å². The fraction of sp³-hybridized carbons (Fsp3) is 0.333. The maximum absolute atomic E-state index is 11.0. The summed E-state index contributed by atoms with van der Waals surface area (Å²) in [4.78, 5) is 11.0. The molecule has 0 unspecified atom stereocenters. The Bertz CT molecular complexity index is 692. The van der Waals surface area contributed by atoms with E-state index in [2.05, 4.69) is 5.10 Å². The van der Waals surface area contributed by atoms with Crippen molar-refractivity contribution in [3.63, 3.8) is 0 Å². The van der Waals surface area contributed by atoms with Gasteiger partial charge in [0.2, 0.25) is 0 Å². The van der Waals surface area contributed by atoms with Gasteiger partial charge in [-0.1, -0.05) is 11.6 Å². The number of benzene rings is 1. The Kier molecular flexibility index (Phi) is 3.59. The van der Waals surface area contributed by atoms with Crippen LogP contribution in [0.2, 0.25) is 5.02 Å². The molecular formula is C15H15ClN2O3. The summed E-state index contributed by atoms with van der Waals surface area (Å²) < 4.78 is 7.37. The molecule has 0 aliphatic heterocycles. The van der Waals surface area contributed by atoms with Crippen molar-refractivity contribution in [1.29, 1.82) is 0 Å². The molecule has 1 aromatic heterocycles. The third kappa shape index (κ3) is 3.03. The summed E-state index contributed by atoms with van der Waals surface area (Å²) in [6.45, 7) is 0.679. The number of aromatic nitrogens is 2. The van der Waals surface area contributed by atoms with Crippen LogP contribution in [0.25, 0.3) is 11.3 Å². The van der Waals surface area contributed by atoms with Gasteiger partial charge in [-0.15, -0.1) is 0 Å². The van der Waals surface area contributed by atoms with Crippen molar-refractivity contribution in [3.05, 3.63) is 35.0 Å². The van der Waals surface area contributed by atoms with Gasteiger partial charge in [0.15, 0.2) is 5.69 Å². The summed E-state index contributed by atoms with van der Waals surface area (Å²) in [5.74, 6) is 0.278. The number of carbonyl (C=O) groups is 1. The molecule has 0 bridgehead atoms. The summed E-state index contributed by atoms with van der Waals surface area (Å²) in [7, 11) is 1.70. The summed E-state index contributed by atoms with van der Waals surface area (Å²) >= 11 is 6.06. The zero-order chi connectivity index (χ0) is 15.0. The number of halogens is 1. The number of hydrogen-bond acceptors (Lipinski definition) is 3. The number of nitrogens with zero attached hydrogens (tertiary/aromatic N) is 2. The average Bonchev–Trinajstić information content (AvgIpc) is 3.18. The molecule has 1 aromatic carbocycles. The van der Waals surface area contributed by atoms with Crippen molar-refractivity contribution in [2.75, 3.05) is 6.61 Å². The normalized spacial score (nSPS) is 14.2. The van der Waals surface area contributed by atoms with Crippen LogP contribution in [0.1, 0.15) is 23.3 Å². The van der Waals surface area contributed by atoms with E-state index in [-0.39, 0.29) is 5.69 Å². The Morgan fingerprint density at radius 3 is 2.86 bits per heavy atom. The van der Waals surface area contributed by atoms with E-state index in [4.69, 9.17) is 21.4 Å². The van der Waals surface area contributed by atoms with Crippen molar-refractivity contribution in [1.82, 2.24) is 9.78 Å². The number of aromatic carboxylic acids is 1. The number of carboxylic acids is 1. The van der Waals surface area contributed by atoms with Gasteiger partial charge in [-0.25, -0.2) is 4.79 Å². The van der Waals surface area contributed by atoms with Crippen LogP contribution < -0.4 is 4.74 Å². The number of aryl methyl sites for hydroxylation is 1. The molecular weight excluding hydrogens is 292 g/mol. The molecule has 2 aromatic rings. The van der Waals surface area contributed by atoms with Crippen LogP contribution in [0.3, 0.4) is 0 Å². The minimum Gasteiger partial charge on any atom is -0.493 e. The van der Waals surface area contributed by atoms with Gasteiger partial charge in [0.1, 0.15) is 5.75 Å². The highest BCUT2D eigenvalue weighted by Gasteiger charge is 2.23. The van der Waals surface area contributed by atoms with Crippen LogP contribution in [0, 0.1) is 5.92 Å². The molecule has 3 rings (SSSR count). The van der Waals surface area contributed by atoms with E-state index in [0.29, 0.717) is 29.0 Å². The molecule has 1 saturated carbocycles. The van der Waals surface area contributed by atoms with Crippen LogP contribution in [0.4, 0.5) is 0 Å². The minimum atomic E-state index is -1.06. The third-order valence-corrected chi connectivity index (χ3v) is 3.72. The molecule has 0 atom stereocenters. The first-order valence-corrected chi connectivity index (χ1v) is 7.12. The number of ether oxygens (including phenoxy) is 1. The molecule has 0 radical (unpaired) electrons. The first kappa shape index (κ1) is 13.9. The van der Waals surface area contributed by atoms with Gasteiger partial charge in [0, 0.05) is 17.6 Å². The number of hydrogen-bond donors (Lipinski definition) is 1. The van der Waals surface area contributed by atoms with Crippen molar-refractivity contribution < 1.29 is 14.6 Å². The largest absolute Gasteiger partial charge is 0.493 e. The van der Waals surface area contributed by atoms with Gasteiger partial charge in [-0.2, -0.15) is 5.10 Å². The second-order valence-corrected chi connectivity index (χ2v) is 5.67. The Balaban J connectivity index is 1.98. The monoisotopic (exact) mass is 306 g/mol. The van der Waals surface area contributed by atoms with E-state index in [0.717, 1.165) is 5.56 Å².